The van der Waals surface area contributed by atoms with Gasteiger partial charge in [-0.15, -0.1) is 0 Å². The van der Waals surface area contributed by atoms with Gasteiger partial charge in [0.2, 0.25) is 5.56 Å². The van der Waals surface area contributed by atoms with Gasteiger partial charge in [0, 0.05) is 21.9 Å². The Balaban J connectivity index is 1.89. The van der Waals surface area contributed by atoms with Crippen LogP contribution in [0.5, 0.6) is 0 Å². The van der Waals surface area contributed by atoms with Crippen LogP contribution < -0.4 is 10.9 Å². The number of aromatic nitrogens is 1. The lowest BCUT2D eigenvalue weighted by Gasteiger charge is -2.26. The quantitative estimate of drug-likeness (QED) is 0.846. The lowest BCUT2D eigenvalue weighted by Crippen LogP contribution is -2.21. The third kappa shape index (κ3) is 2.76. The number of nitrogens with one attached hydrogen (secondary N) is 2. The number of hydrogen-bond donors (Lipinski definition) is 2. The number of hydrogen-bond acceptors (Lipinski definition) is 2. The highest BCUT2D eigenvalue weighted by Crippen LogP contribution is 2.32. The molecule has 0 amide bonds. The molecule has 0 aliphatic heterocycles. The number of aromatic amines is 1. The third-order valence-corrected chi connectivity index (χ3v) is 4.81. The molecule has 1 aromatic heterocycles. The maximum atomic E-state index is 11.4. The molecule has 0 saturated carbocycles. The maximum absolute atomic E-state index is 11.4. The summed E-state index contributed by atoms with van der Waals surface area (Å²) < 4.78 is 0.877. The zero-order valence-corrected chi connectivity index (χ0v) is 13.1. The number of benzene rings is 1. The zero-order chi connectivity index (χ0) is 14.1. The van der Waals surface area contributed by atoms with Gasteiger partial charge >= 0.3 is 0 Å². The average molecular weight is 354 g/mol. The molecule has 0 fully saturated rings. The molecule has 2 N–H and O–H groups in total. The first-order valence-electron chi connectivity index (χ1n) is 6.57. The van der Waals surface area contributed by atoms with Crippen molar-refractivity contribution < 1.29 is 0 Å². The first kappa shape index (κ1) is 13.7. The van der Waals surface area contributed by atoms with E-state index in [2.05, 4.69) is 26.2 Å². The highest BCUT2D eigenvalue weighted by Gasteiger charge is 2.20. The average Bonchev–Trinajstić information content (AvgIpc) is 2.43. The number of halogens is 2. The van der Waals surface area contributed by atoms with Crippen molar-refractivity contribution >= 4 is 33.2 Å². The molecule has 1 aliphatic carbocycles. The summed E-state index contributed by atoms with van der Waals surface area (Å²) in [6.07, 6.45) is 3.06. The second-order valence-corrected chi connectivity index (χ2v) is 6.24. The molecule has 3 nitrogen and oxygen atoms in total. The van der Waals surface area contributed by atoms with Gasteiger partial charge in [0.05, 0.1) is 11.1 Å². The summed E-state index contributed by atoms with van der Waals surface area (Å²) in [4.78, 5) is 14.3. The first-order chi connectivity index (χ1) is 9.63. The summed E-state index contributed by atoms with van der Waals surface area (Å²) in [5.41, 5.74) is 3.22. The molecule has 1 unspecified atom stereocenters. The van der Waals surface area contributed by atoms with Gasteiger partial charge in [-0.25, -0.2) is 0 Å². The first-order valence-corrected chi connectivity index (χ1v) is 7.74. The van der Waals surface area contributed by atoms with Crippen molar-refractivity contribution in [2.24, 2.45) is 0 Å². The van der Waals surface area contributed by atoms with E-state index in [-0.39, 0.29) is 11.6 Å². The minimum Gasteiger partial charge on any atom is -0.378 e. The van der Waals surface area contributed by atoms with Gasteiger partial charge in [0.25, 0.3) is 0 Å². The van der Waals surface area contributed by atoms with E-state index in [0.717, 1.165) is 35.1 Å². The van der Waals surface area contributed by atoms with Crippen molar-refractivity contribution in [2.75, 3.05) is 5.32 Å². The molecule has 3 rings (SSSR count). The van der Waals surface area contributed by atoms with Crippen LogP contribution in [0.4, 0.5) is 5.69 Å². The number of fused-ring (bicyclic) bond motifs is 1. The van der Waals surface area contributed by atoms with Crippen LogP contribution in [0.2, 0.25) is 5.02 Å². The SMILES string of the molecule is O=c1ccc2c([nH]1)CCCC2Nc1ccc(Cl)c(Br)c1. The topological polar surface area (TPSA) is 44.9 Å². The fraction of sp³-hybridized carbons (Fsp3) is 0.267. The fourth-order valence-electron chi connectivity index (χ4n) is 2.64. The number of H-pyrrole nitrogens is 1. The minimum absolute atomic E-state index is 0.0290. The van der Waals surface area contributed by atoms with Crippen molar-refractivity contribution in [3.8, 4) is 0 Å². The van der Waals surface area contributed by atoms with E-state index in [1.807, 2.05) is 24.3 Å². The number of rotatable bonds is 2. The lowest BCUT2D eigenvalue weighted by atomic mass is 9.91. The Morgan fingerprint density at radius 3 is 2.95 bits per heavy atom. The second kappa shape index (κ2) is 5.62. The normalized spacial score (nSPS) is 17.6. The van der Waals surface area contributed by atoms with Gasteiger partial charge in [-0.3, -0.25) is 4.79 Å². The summed E-state index contributed by atoms with van der Waals surface area (Å²) in [6.45, 7) is 0. The van der Waals surface area contributed by atoms with Crippen molar-refractivity contribution in [1.29, 1.82) is 0 Å². The molecular formula is C15H14BrClN2O. The standard InChI is InChI=1S/C15H14BrClN2O/c16-11-8-9(4-6-12(11)17)18-13-2-1-3-14-10(13)5-7-15(20)19-14/h4-8,13,18H,1-3H2,(H,19,20). The van der Waals surface area contributed by atoms with Crippen molar-refractivity contribution in [1.82, 2.24) is 4.98 Å². The molecule has 20 heavy (non-hydrogen) atoms. The van der Waals surface area contributed by atoms with Crippen LogP contribution >= 0.6 is 27.5 Å². The third-order valence-electron chi connectivity index (χ3n) is 3.59. The Morgan fingerprint density at radius 2 is 2.15 bits per heavy atom. The Morgan fingerprint density at radius 1 is 1.30 bits per heavy atom. The van der Waals surface area contributed by atoms with E-state index in [0.29, 0.717) is 5.02 Å². The predicted molar refractivity (Wildman–Crippen MR) is 85.5 cm³/mol. The van der Waals surface area contributed by atoms with Crippen LogP contribution in [0.1, 0.15) is 30.1 Å². The smallest absolute Gasteiger partial charge is 0.248 e. The molecule has 1 aromatic carbocycles. The summed E-state index contributed by atoms with van der Waals surface area (Å²) in [5.74, 6) is 0. The van der Waals surface area contributed by atoms with Crippen LogP contribution in [0.3, 0.4) is 0 Å². The summed E-state index contributed by atoms with van der Waals surface area (Å²) >= 11 is 9.44. The molecule has 0 spiro atoms. The minimum atomic E-state index is -0.0290. The lowest BCUT2D eigenvalue weighted by molar-refractivity contribution is 0.587. The molecule has 0 saturated heterocycles. The monoisotopic (exact) mass is 352 g/mol. The predicted octanol–water partition coefficient (Wildman–Crippen LogP) is 4.28. The molecule has 1 atom stereocenters. The highest BCUT2D eigenvalue weighted by atomic mass is 79.9. The van der Waals surface area contributed by atoms with Gasteiger partial charge in [-0.1, -0.05) is 11.6 Å². The molecule has 5 heteroatoms. The van der Waals surface area contributed by atoms with Crippen molar-refractivity contribution in [3.05, 3.63) is 61.4 Å². The summed E-state index contributed by atoms with van der Waals surface area (Å²) in [7, 11) is 0. The van der Waals surface area contributed by atoms with E-state index >= 15 is 0 Å². The Kier molecular flexibility index (Phi) is 3.85. The van der Waals surface area contributed by atoms with Gasteiger partial charge in [0.1, 0.15) is 0 Å². The molecular weight excluding hydrogens is 340 g/mol. The van der Waals surface area contributed by atoms with E-state index < -0.39 is 0 Å². The summed E-state index contributed by atoms with van der Waals surface area (Å²) in [5, 5.41) is 4.21. The molecule has 1 aliphatic rings. The van der Waals surface area contributed by atoms with E-state index in [1.54, 1.807) is 6.07 Å². The van der Waals surface area contributed by atoms with E-state index in [9.17, 15) is 4.79 Å². The maximum Gasteiger partial charge on any atom is 0.248 e. The van der Waals surface area contributed by atoms with Crippen molar-refractivity contribution in [2.45, 2.75) is 25.3 Å². The van der Waals surface area contributed by atoms with Crippen LogP contribution in [0, 0.1) is 0 Å². The van der Waals surface area contributed by atoms with Gasteiger partial charge in [0.15, 0.2) is 0 Å². The fourth-order valence-corrected chi connectivity index (χ4v) is 3.13. The molecule has 0 bridgehead atoms. The molecule has 0 radical (unpaired) electrons. The number of anilines is 1. The van der Waals surface area contributed by atoms with Crippen LogP contribution in [0.15, 0.2) is 39.6 Å². The Bertz CT molecular complexity index is 699. The van der Waals surface area contributed by atoms with Crippen LogP contribution in [-0.2, 0) is 6.42 Å². The van der Waals surface area contributed by atoms with E-state index in [1.165, 1.54) is 5.56 Å². The molecule has 104 valence electrons. The second-order valence-electron chi connectivity index (χ2n) is 4.97. The Hall–Kier alpha value is -1.26. The zero-order valence-electron chi connectivity index (χ0n) is 10.7. The van der Waals surface area contributed by atoms with Gasteiger partial charge in [-0.05, 0) is 65.0 Å². The van der Waals surface area contributed by atoms with Gasteiger partial charge in [-0.2, -0.15) is 0 Å². The highest BCUT2D eigenvalue weighted by molar-refractivity contribution is 9.10. The van der Waals surface area contributed by atoms with Crippen LogP contribution in [-0.4, -0.2) is 4.98 Å². The molecule has 2 aromatic rings. The van der Waals surface area contributed by atoms with E-state index in [4.69, 9.17) is 11.6 Å². The van der Waals surface area contributed by atoms with Gasteiger partial charge < -0.3 is 10.3 Å². The Labute approximate surface area is 130 Å². The number of aryl methyl sites for hydroxylation is 1. The number of pyridine rings is 1. The largest absolute Gasteiger partial charge is 0.378 e. The molecule has 1 heterocycles. The summed E-state index contributed by atoms with van der Waals surface area (Å²) in [6, 6.07) is 9.55. The van der Waals surface area contributed by atoms with Crippen molar-refractivity contribution in [3.63, 3.8) is 0 Å². The van der Waals surface area contributed by atoms with Crippen LogP contribution in [0.25, 0.3) is 0 Å².